The number of hydrogen-bond acceptors (Lipinski definition) is 5. The lowest BCUT2D eigenvalue weighted by Gasteiger charge is -2.26. The second kappa shape index (κ2) is 8.38. The minimum absolute atomic E-state index is 0.0336. The number of halogens is 2. The molecule has 1 aliphatic rings. The van der Waals surface area contributed by atoms with Crippen LogP contribution in [0.2, 0.25) is 10.0 Å². The van der Waals surface area contributed by atoms with Gasteiger partial charge in [-0.2, -0.15) is 0 Å². The van der Waals surface area contributed by atoms with Gasteiger partial charge in [-0.05, 0) is 31.0 Å². The maximum Gasteiger partial charge on any atom is 0.310 e. The summed E-state index contributed by atoms with van der Waals surface area (Å²) in [4.78, 5) is 25.6. The average molecular weight is 408 g/mol. The van der Waals surface area contributed by atoms with Gasteiger partial charge in [0.15, 0.2) is 16.4 Å². The maximum atomic E-state index is 12.2. The summed E-state index contributed by atoms with van der Waals surface area (Å²) in [7, 11) is -3.09. The van der Waals surface area contributed by atoms with Crippen LogP contribution < -0.4 is 0 Å². The van der Waals surface area contributed by atoms with Gasteiger partial charge in [0, 0.05) is 12.6 Å². The van der Waals surface area contributed by atoms with Crippen molar-refractivity contribution in [3.63, 3.8) is 0 Å². The molecule has 1 saturated heterocycles. The van der Waals surface area contributed by atoms with Crippen molar-refractivity contribution < 1.29 is 22.7 Å². The molecule has 1 amide bonds. The van der Waals surface area contributed by atoms with Gasteiger partial charge in [0.1, 0.15) is 0 Å². The molecule has 6 nitrogen and oxygen atoms in total. The van der Waals surface area contributed by atoms with Crippen molar-refractivity contribution in [2.45, 2.75) is 25.8 Å². The van der Waals surface area contributed by atoms with Crippen LogP contribution in [0.25, 0.3) is 0 Å². The van der Waals surface area contributed by atoms with E-state index in [0.29, 0.717) is 28.6 Å². The van der Waals surface area contributed by atoms with E-state index in [1.54, 1.807) is 25.1 Å². The maximum absolute atomic E-state index is 12.2. The van der Waals surface area contributed by atoms with E-state index >= 15 is 0 Å². The van der Waals surface area contributed by atoms with E-state index in [-0.39, 0.29) is 24.0 Å². The van der Waals surface area contributed by atoms with Crippen LogP contribution in [0.4, 0.5) is 0 Å². The largest absolute Gasteiger partial charge is 0.455 e. The number of likely N-dealkylation sites (N-methyl/N-ethyl adjacent to an activating group) is 1. The smallest absolute Gasteiger partial charge is 0.310 e. The normalized spacial score (nSPS) is 18.8. The molecule has 9 heteroatoms. The van der Waals surface area contributed by atoms with Crippen LogP contribution in [0.1, 0.15) is 18.9 Å². The monoisotopic (exact) mass is 407 g/mol. The third-order valence-corrected chi connectivity index (χ3v) is 6.49. The second-order valence-corrected chi connectivity index (χ2v) is 8.87. The number of esters is 1. The van der Waals surface area contributed by atoms with Gasteiger partial charge in [-0.1, -0.05) is 29.3 Å². The van der Waals surface area contributed by atoms with E-state index in [1.807, 2.05) is 0 Å². The minimum Gasteiger partial charge on any atom is -0.455 e. The molecule has 0 saturated carbocycles. The Morgan fingerprint density at radius 2 is 2.00 bits per heavy atom. The summed E-state index contributed by atoms with van der Waals surface area (Å²) < 4.78 is 28.1. The number of carbonyl (C=O) groups excluding carboxylic acids is 2. The standard InChI is InChI=1S/C16H19Cl2NO5S/c1-2-19(12-5-6-25(22,23)10-12)15(20)9-24-16(21)8-11-3-4-13(17)14(18)7-11/h3-4,7,12H,2,5-6,8-10H2,1H3. The quantitative estimate of drug-likeness (QED) is 0.674. The molecule has 0 aliphatic carbocycles. The molecule has 0 radical (unpaired) electrons. The Labute approximate surface area is 157 Å². The van der Waals surface area contributed by atoms with Gasteiger partial charge in [-0.15, -0.1) is 0 Å². The van der Waals surface area contributed by atoms with Gasteiger partial charge < -0.3 is 9.64 Å². The van der Waals surface area contributed by atoms with Crippen LogP contribution in [-0.2, 0) is 30.6 Å². The SMILES string of the molecule is CCN(C(=O)COC(=O)Cc1ccc(Cl)c(Cl)c1)C1CCS(=O)(=O)C1. The zero-order valence-electron chi connectivity index (χ0n) is 13.7. The molecule has 0 aromatic heterocycles. The molecule has 25 heavy (non-hydrogen) atoms. The Hall–Kier alpha value is -1.31. The molecule has 2 rings (SSSR count). The van der Waals surface area contributed by atoms with Crippen LogP contribution in [0.5, 0.6) is 0 Å². The van der Waals surface area contributed by atoms with Crippen LogP contribution in [0.15, 0.2) is 18.2 Å². The number of benzene rings is 1. The van der Waals surface area contributed by atoms with Crippen molar-refractivity contribution in [1.82, 2.24) is 4.90 Å². The third-order valence-electron chi connectivity index (χ3n) is 4.00. The summed E-state index contributed by atoms with van der Waals surface area (Å²) in [5.41, 5.74) is 0.626. The van der Waals surface area contributed by atoms with Crippen LogP contribution >= 0.6 is 23.2 Å². The first-order valence-corrected chi connectivity index (χ1v) is 10.4. The summed E-state index contributed by atoms with van der Waals surface area (Å²) in [5.74, 6) is -0.920. The Morgan fingerprint density at radius 1 is 1.28 bits per heavy atom. The summed E-state index contributed by atoms with van der Waals surface area (Å²) >= 11 is 11.7. The van der Waals surface area contributed by atoms with Crippen LogP contribution in [0.3, 0.4) is 0 Å². The molecule has 1 heterocycles. The zero-order chi connectivity index (χ0) is 18.6. The fourth-order valence-corrected chi connectivity index (χ4v) is 4.80. The van der Waals surface area contributed by atoms with Gasteiger partial charge in [0.2, 0.25) is 0 Å². The molecule has 0 N–H and O–H groups in total. The highest BCUT2D eigenvalue weighted by Crippen LogP contribution is 2.23. The number of nitrogens with zero attached hydrogens (tertiary/aromatic N) is 1. The number of carbonyl (C=O) groups is 2. The Bertz CT molecular complexity index is 766. The first-order chi connectivity index (χ1) is 11.7. The number of ether oxygens (including phenoxy) is 1. The summed E-state index contributed by atoms with van der Waals surface area (Å²) in [5, 5.41) is 0.724. The lowest BCUT2D eigenvalue weighted by molar-refractivity contribution is -0.152. The average Bonchev–Trinajstić information content (AvgIpc) is 2.89. The van der Waals surface area contributed by atoms with E-state index in [2.05, 4.69) is 0 Å². The number of rotatable bonds is 6. The first-order valence-electron chi connectivity index (χ1n) is 7.81. The van der Waals surface area contributed by atoms with Gasteiger partial charge >= 0.3 is 5.97 Å². The molecule has 0 bridgehead atoms. The molecule has 1 fully saturated rings. The molecule has 1 atom stereocenters. The van der Waals surface area contributed by atoms with E-state index < -0.39 is 28.3 Å². The van der Waals surface area contributed by atoms with Crippen molar-refractivity contribution in [2.75, 3.05) is 24.7 Å². The molecule has 138 valence electrons. The Kier molecular flexibility index (Phi) is 6.71. The lowest BCUT2D eigenvalue weighted by Crippen LogP contribution is -2.43. The Morgan fingerprint density at radius 3 is 2.56 bits per heavy atom. The zero-order valence-corrected chi connectivity index (χ0v) is 16.0. The van der Waals surface area contributed by atoms with Crippen molar-refractivity contribution in [2.24, 2.45) is 0 Å². The number of sulfone groups is 1. The fraction of sp³-hybridized carbons (Fsp3) is 0.500. The number of hydrogen-bond donors (Lipinski definition) is 0. The minimum atomic E-state index is -3.09. The summed E-state index contributed by atoms with van der Waals surface area (Å²) in [6.07, 6.45) is 0.382. The van der Waals surface area contributed by atoms with Crippen LogP contribution in [-0.4, -0.2) is 55.9 Å². The summed E-state index contributed by atoms with van der Waals surface area (Å²) in [6, 6.07) is 4.45. The third kappa shape index (κ3) is 5.59. The predicted molar refractivity (Wildman–Crippen MR) is 95.6 cm³/mol. The van der Waals surface area contributed by atoms with E-state index in [4.69, 9.17) is 27.9 Å². The number of amides is 1. The van der Waals surface area contributed by atoms with E-state index in [1.165, 1.54) is 4.90 Å². The van der Waals surface area contributed by atoms with Crippen molar-refractivity contribution in [3.05, 3.63) is 33.8 Å². The van der Waals surface area contributed by atoms with E-state index in [0.717, 1.165) is 0 Å². The van der Waals surface area contributed by atoms with Gasteiger partial charge in [0.05, 0.1) is 28.0 Å². The second-order valence-electron chi connectivity index (χ2n) is 5.82. The fourth-order valence-electron chi connectivity index (χ4n) is 2.75. The predicted octanol–water partition coefficient (Wildman–Crippen LogP) is 2.11. The molecular weight excluding hydrogens is 389 g/mol. The molecule has 0 spiro atoms. The van der Waals surface area contributed by atoms with E-state index in [9.17, 15) is 18.0 Å². The molecule has 1 aliphatic heterocycles. The highest BCUT2D eigenvalue weighted by molar-refractivity contribution is 7.91. The molecular formula is C16H19Cl2NO5S. The molecule has 1 aromatic carbocycles. The van der Waals surface area contributed by atoms with Gasteiger partial charge in [0.25, 0.3) is 5.91 Å². The topological polar surface area (TPSA) is 80.8 Å². The molecule has 1 unspecified atom stereocenters. The Balaban J connectivity index is 1.87. The van der Waals surface area contributed by atoms with Crippen LogP contribution in [0, 0.1) is 0 Å². The van der Waals surface area contributed by atoms with Crippen molar-refractivity contribution in [3.8, 4) is 0 Å². The molecule has 1 aromatic rings. The lowest BCUT2D eigenvalue weighted by atomic mass is 10.1. The van der Waals surface area contributed by atoms with Crippen molar-refractivity contribution >= 4 is 44.9 Å². The van der Waals surface area contributed by atoms with Gasteiger partial charge in [-0.3, -0.25) is 9.59 Å². The van der Waals surface area contributed by atoms with Crippen molar-refractivity contribution in [1.29, 1.82) is 0 Å². The summed E-state index contributed by atoms with van der Waals surface area (Å²) in [6.45, 7) is 1.72. The first kappa shape index (κ1) is 20.0. The van der Waals surface area contributed by atoms with Gasteiger partial charge in [-0.25, -0.2) is 8.42 Å². The highest BCUT2D eigenvalue weighted by atomic mass is 35.5. The highest BCUT2D eigenvalue weighted by Gasteiger charge is 2.34.